The van der Waals surface area contributed by atoms with E-state index in [9.17, 15) is 0 Å². The molecule has 0 bridgehead atoms. The van der Waals surface area contributed by atoms with Crippen molar-refractivity contribution in [1.82, 2.24) is 4.98 Å². The van der Waals surface area contributed by atoms with Crippen LogP contribution in [0.1, 0.15) is 27.2 Å². The van der Waals surface area contributed by atoms with E-state index in [-0.39, 0.29) is 12.2 Å². The molecule has 5 nitrogen and oxygen atoms in total. The highest BCUT2D eigenvalue weighted by atomic mass is 16.5. The standard InChI is InChI=1S/C14H23N3O2/c1-9(2)19-14-11(15)5-6-13(16-14)17(4)12-7-8-18-10(12)3/h5-6,9-10,12H,7-8,15H2,1-4H3. The van der Waals surface area contributed by atoms with Crippen molar-refractivity contribution in [3.63, 3.8) is 0 Å². The Balaban J connectivity index is 2.19. The number of hydrogen-bond acceptors (Lipinski definition) is 5. The molecule has 1 fully saturated rings. The van der Waals surface area contributed by atoms with Crippen LogP contribution >= 0.6 is 0 Å². The Morgan fingerprint density at radius 3 is 2.79 bits per heavy atom. The van der Waals surface area contributed by atoms with Gasteiger partial charge in [-0.15, -0.1) is 0 Å². The molecule has 106 valence electrons. The lowest BCUT2D eigenvalue weighted by atomic mass is 10.1. The SMILES string of the molecule is CC(C)Oc1nc(N(C)C2CCOC2C)ccc1N. The van der Waals surface area contributed by atoms with E-state index in [1.807, 2.05) is 33.0 Å². The summed E-state index contributed by atoms with van der Waals surface area (Å²) in [4.78, 5) is 6.66. The second-order valence-electron chi connectivity index (χ2n) is 5.27. The average Bonchev–Trinajstić information content (AvgIpc) is 2.77. The third-order valence-corrected chi connectivity index (χ3v) is 3.42. The minimum absolute atomic E-state index is 0.0593. The fourth-order valence-electron chi connectivity index (χ4n) is 2.35. The number of nitrogens with zero attached hydrogens (tertiary/aromatic N) is 2. The Morgan fingerprint density at radius 1 is 1.47 bits per heavy atom. The van der Waals surface area contributed by atoms with Gasteiger partial charge in [0, 0.05) is 13.7 Å². The zero-order valence-corrected chi connectivity index (χ0v) is 12.1. The van der Waals surface area contributed by atoms with Crippen molar-refractivity contribution in [2.24, 2.45) is 0 Å². The molecule has 19 heavy (non-hydrogen) atoms. The molecule has 0 aliphatic carbocycles. The van der Waals surface area contributed by atoms with Gasteiger partial charge in [0.15, 0.2) is 0 Å². The van der Waals surface area contributed by atoms with E-state index in [4.69, 9.17) is 15.2 Å². The van der Waals surface area contributed by atoms with Crippen LogP contribution in [-0.4, -0.2) is 36.9 Å². The van der Waals surface area contributed by atoms with Crippen LogP contribution in [0.25, 0.3) is 0 Å². The molecular formula is C14H23N3O2. The van der Waals surface area contributed by atoms with Crippen LogP contribution in [0.3, 0.4) is 0 Å². The minimum Gasteiger partial charge on any atom is -0.473 e. The van der Waals surface area contributed by atoms with Gasteiger partial charge in [0.1, 0.15) is 5.82 Å². The second kappa shape index (κ2) is 5.65. The smallest absolute Gasteiger partial charge is 0.239 e. The van der Waals surface area contributed by atoms with Gasteiger partial charge in [-0.25, -0.2) is 0 Å². The van der Waals surface area contributed by atoms with E-state index in [0.29, 0.717) is 17.6 Å². The normalized spacial score (nSPS) is 22.8. The molecular weight excluding hydrogens is 242 g/mol. The molecule has 0 aromatic carbocycles. The molecule has 2 heterocycles. The van der Waals surface area contributed by atoms with Crippen LogP contribution in [0, 0.1) is 0 Å². The van der Waals surface area contributed by atoms with Crippen LogP contribution in [0.5, 0.6) is 5.88 Å². The summed E-state index contributed by atoms with van der Waals surface area (Å²) in [6.45, 7) is 6.83. The Kier molecular flexibility index (Phi) is 4.14. The largest absolute Gasteiger partial charge is 0.473 e. The molecule has 2 N–H and O–H groups in total. The van der Waals surface area contributed by atoms with Crippen LogP contribution in [0.4, 0.5) is 11.5 Å². The summed E-state index contributed by atoms with van der Waals surface area (Å²) in [5.74, 6) is 1.37. The molecule has 2 atom stereocenters. The van der Waals surface area contributed by atoms with E-state index in [0.717, 1.165) is 18.8 Å². The summed E-state index contributed by atoms with van der Waals surface area (Å²) in [7, 11) is 2.04. The van der Waals surface area contributed by atoms with Gasteiger partial charge in [-0.3, -0.25) is 0 Å². The molecule has 5 heteroatoms. The van der Waals surface area contributed by atoms with Crippen molar-refractivity contribution in [1.29, 1.82) is 0 Å². The van der Waals surface area contributed by atoms with Gasteiger partial charge in [-0.2, -0.15) is 4.98 Å². The van der Waals surface area contributed by atoms with Crippen molar-refractivity contribution < 1.29 is 9.47 Å². The lowest BCUT2D eigenvalue weighted by Crippen LogP contribution is -2.37. The topological polar surface area (TPSA) is 60.6 Å². The molecule has 1 aliphatic rings. The highest BCUT2D eigenvalue weighted by molar-refractivity contribution is 5.54. The van der Waals surface area contributed by atoms with Gasteiger partial charge in [-0.1, -0.05) is 0 Å². The van der Waals surface area contributed by atoms with Gasteiger partial charge in [0.2, 0.25) is 5.88 Å². The van der Waals surface area contributed by atoms with Crippen molar-refractivity contribution in [3.8, 4) is 5.88 Å². The predicted molar refractivity (Wildman–Crippen MR) is 76.6 cm³/mol. The summed E-state index contributed by atoms with van der Waals surface area (Å²) in [6.07, 6.45) is 1.30. The van der Waals surface area contributed by atoms with E-state index in [2.05, 4.69) is 16.8 Å². The molecule has 2 unspecified atom stereocenters. The zero-order chi connectivity index (χ0) is 14.0. The second-order valence-corrected chi connectivity index (χ2v) is 5.27. The zero-order valence-electron chi connectivity index (χ0n) is 12.1. The van der Waals surface area contributed by atoms with Crippen LogP contribution in [0.15, 0.2) is 12.1 Å². The highest BCUT2D eigenvalue weighted by Crippen LogP contribution is 2.27. The molecule has 1 aromatic heterocycles. The van der Waals surface area contributed by atoms with Crippen LogP contribution in [-0.2, 0) is 4.74 Å². The maximum Gasteiger partial charge on any atom is 0.239 e. The first-order valence-corrected chi connectivity index (χ1v) is 6.76. The number of hydrogen-bond donors (Lipinski definition) is 1. The average molecular weight is 265 g/mol. The minimum atomic E-state index is 0.0593. The van der Waals surface area contributed by atoms with Gasteiger partial charge < -0.3 is 20.1 Å². The van der Waals surface area contributed by atoms with Crippen LogP contribution < -0.4 is 15.4 Å². The number of rotatable bonds is 4. The summed E-state index contributed by atoms with van der Waals surface area (Å²) in [5.41, 5.74) is 6.46. The van der Waals surface area contributed by atoms with Crippen molar-refractivity contribution >= 4 is 11.5 Å². The maximum atomic E-state index is 5.89. The van der Waals surface area contributed by atoms with E-state index < -0.39 is 0 Å². The molecule has 1 aliphatic heterocycles. The van der Waals surface area contributed by atoms with Crippen molar-refractivity contribution in [3.05, 3.63) is 12.1 Å². The molecule has 0 radical (unpaired) electrons. The third-order valence-electron chi connectivity index (χ3n) is 3.42. The quantitative estimate of drug-likeness (QED) is 0.903. The van der Waals surface area contributed by atoms with E-state index in [1.54, 1.807) is 0 Å². The highest BCUT2D eigenvalue weighted by Gasteiger charge is 2.28. The first kappa shape index (κ1) is 13.9. The number of ether oxygens (including phenoxy) is 2. The fraction of sp³-hybridized carbons (Fsp3) is 0.643. The van der Waals surface area contributed by atoms with Crippen LogP contribution in [0.2, 0.25) is 0 Å². The number of likely N-dealkylation sites (N-methyl/N-ethyl adjacent to an activating group) is 1. The van der Waals surface area contributed by atoms with Gasteiger partial charge in [0.25, 0.3) is 0 Å². The summed E-state index contributed by atoms with van der Waals surface area (Å²) in [5, 5.41) is 0. The Bertz CT molecular complexity index is 437. The monoisotopic (exact) mass is 265 g/mol. The number of aromatic nitrogens is 1. The lowest BCUT2D eigenvalue weighted by Gasteiger charge is -2.28. The Morgan fingerprint density at radius 2 is 2.21 bits per heavy atom. The van der Waals surface area contributed by atoms with Crippen molar-refractivity contribution in [2.45, 2.75) is 45.4 Å². The fourth-order valence-corrected chi connectivity index (χ4v) is 2.35. The molecule has 0 spiro atoms. The van der Waals surface area contributed by atoms with Gasteiger partial charge in [-0.05, 0) is 39.3 Å². The number of pyridine rings is 1. The van der Waals surface area contributed by atoms with E-state index >= 15 is 0 Å². The number of anilines is 2. The number of nitrogens with two attached hydrogens (primary N) is 1. The first-order valence-electron chi connectivity index (χ1n) is 6.76. The molecule has 0 amide bonds. The first-order chi connectivity index (χ1) is 8.99. The summed E-state index contributed by atoms with van der Waals surface area (Å²) < 4.78 is 11.2. The molecule has 1 saturated heterocycles. The number of nitrogen functional groups attached to an aromatic ring is 1. The molecule has 1 aromatic rings. The predicted octanol–water partition coefficient (Wildman–Crippen LogP) is 2.06. The Hall–Kier alpha value is -1.49. The van der Waals surface area contributed by atoms with Gasteiger partial charge >= 0.3 is 0 Å². The third kappa shape index (κ3) is 3.10. The lowest BCUT2D eigenvalue weighted by molar-refractivity contribution is 0.118. The summed E-state index contributed by atoms with van der Waals surface area (Å²) in [6, 6.07) is 4.12. The van der Waals surface area contributed by atoms with E-state index in [1.165, 1.54) is 0 Å². The van der Waals surface area contributed by atoms with Crippen molar-refractivity contribution in [2.75, 3.05) is 24.3 Å². The molecule has 2 rings (SSSR count). The molecule has 0 saturated carbocycles. The maximum absolute atomic E-state index is 5.89. The van der Waals surface area contributed by atoms with Gasteiger partial charge in [0.05, 0.1) is 23.9 Å². The summed E-state index contributed by atoms with van der Waals surface area (Å²) >= 11 is 0. The Labute approximate surface area is 114 Å².